The van der Waals surface area contributed by atoms with E-state index in [4.69, 9.17) is 5.11 Å². The molecule has 1 saturated heterocycles. The molecule has 0 aromatic heterocycles. The number of rotatable bonds is 4. The van der Waals surface area contributed by atoms with Gasteiger partial charge in [-0.3, -0.25) is 14.5 Å². The Labute approximate surface area is 95.8 Å². The Morgan fingerprint density at radius 1 is 1.56 bits per heavy atom. The summed E-state index contributed by atoms with van der Waals surface area (Å²) in [7, 11) is 0. The Hall–Kier alpha value is -1.10. The second kappa shape index (κ2) is 5.84. The lowest BCUT2D eigenvalue weighted by Gasteiger charge is -2.34. The number of carboxylic acids is 1. The Bertz CT molecular complexity index is 268. The lowest BCUT2D eigenvalue weighted by atomic mass is 9.97. The van der Waals surface area contributed by atoms with Crippen LogP contribution in [0.15, 0.2) is 0 Å². The van der Waals surface area contributed by atoms with Crippen molar-refractivity contribution >= 4 is 11.9 Å². The first-order chi connectivity index (χ1) is 7.56. The SMILES string of the molecule is CCNC(=O)C(C)N1CCCC(C(=O)O)C1. The zero-order chi connectivity index (χ0) is 12.1. The minimum atomic E-state index is -0.757. The van der Waals surface area contributed by atoms with Gasteiger partial charge in [-0.2, -0.15) is 0 Å². The Morgan fingerprint density at radius 2 is 2.25 bits per heavy atom. The van der Waals surface area contributed by atoms with Crippen LogP contribution in [0, 0.1) is 5.92 Å². The van der Waals surface area contributed by atoms with Crippen molar-refractivity contribution in [2.45, 2.75) is 32.7 Å². The number of likely N-dealkylation sites (tertiary alicyclic amines) is 1. The van der Waals surface area contributed by atoms with E-state index in [-0.39, 0.29) is 17.9 Å². The van der Waals surface area contributed by atoms with Crippen LogP contribution in [-0.2, 0) is 9.59 Å². The summed E-state index contributed by atoms with van der Waals surface area (Å²) < 4.78 is 0. The van der Waals surface area contributed by atoms with Gasteiger partial charge in [0.1, 0.15) is 0 Å². The first-order valence-electron chi connectivity index (χ1n) is 5.80. The van der Waals surface area contributed by atoms with Gasteiger partial charge < -0.3 is 10.4 Å². The molecular weight excluding hydrogens is 208 g/mol. The van der Waals surface area contributed by atoms with Crippen molar-refractivity contribution in [3.05, 3.63) is 0 Å². The van der Waals surface area contributed by atoms with E-state index in [9.17, 15) is 9.59 Å². The smallest absolute Gasteiger partial charge is 0.307 e. The van der Waals surface area contributed by atoms with E-state index in [1.807, 2.05) is 18.7 Å². The van der Waals surface area contributed by atoms with E-state index in [2.05, 4.69) is 5.32 Å². The number of aliphatic carboxylic acids is 1. The third-order valence-corrected chi connectivity index (χ3v) is 3.08. The molecule has 2 unspecified atom stereocenters. The van der Waals surface area contributed by atoms with Crippen LogP contribution >= 0.6 is 0 Å². The highest BCUT2D eigenvalue weighted by atomic mass is 16.4. The number of carbonyl (C=O) groups is 2. The average molecular weight is 228 g/mol. The molecule has 5 nitrogen and oxygen atoms in total. The van der Waals surface area contributed by atoms with Crippen molar-refractivity contribution in [3.63, 3.8) is 0 Å². The molecule has 1 aliphatic heterocycles. The van der Waals surface area contributed by atoms with Crippen LogP contribution in [-0.4, -0.2) is 47.6 Å². The topological polar surface area (TPSA) is 69.6 Å². The molecule has 2 N–H and O–H groups in total. The maximum absolute atomic E-state index is 11.6. The number of amides is 1. The summed E-state index contributed by atoms with van der Waals surface area (Å²) >= 11 is 0. The third-order valence-electron chi connectivity index (χ3n) is 3.08. The van der Waals surface area contributed by atoms with Gasteiger partial charge in [-0.1, -0.05) is 0 Å². The van der Waals surface area contributed by atoms with Crippen molar-refractivity contribution in [2.75, 3.05) is 19.6 Å². The summed E-state index contributed by atoms with van der Waals surface area (Å²) in [5, 5.41) is 11.7. The number of nitrogens with one attached hydrogen (secondary N) is 1. The second-order valence-corrected chi connectivity index (χ2v) is 4.24. The van der Waals surface area contributed by atoms with Gasteiger partial charge in [0.05, 0.1) is 12.0 Å². The average Bonchev–Trinajstić information content (AvgIpc) is 2.28. The van der Waals surface area contributed by atoms with Gasteiger partial charge in [0.25, 0.3) is 0 Å². The van der Waals surface area contributed by atoms with E-state index in [1.165, 1.54) is 0 Å². The Kier molecular flexibility index (Phi) is 4.73. The van der Waals surface area contributed by atoms with Gasteiger partial charge in [0.15, 0.2) is 0 Å². The van der Waals surface area contributed by atoms with Crippen LogP contribution in [0.1, 0.15) is 26.7 Å². The molecular formula is C11H20N2O3. The lowest BCUT2D eigenvalue weighted by molar-refractivity contribution is -0.145. The van der Waals surface area contributed by atoms with Gasteiger partial charge in [-0.05, 0) is 33.2 Å². The quantitative estimate of drug-likeness (QED) is 0.726. The van der Waals surface area contributed by atoms with Crippen LogP contribution in [0.2, 0.25) is 0 Å². The molecule has 1 aliphatic rings. The summed E-state index contributed by atoms with van der Waals surface area (Å²) in [6.45, 7) is 5.60. The first kappa shape index (κ1) is 13.0. The standard InChI is InChI=1S/C11H20N2O3/c1-3-12-10(14)8(2)13-6-4-5-9(7-13)11(15)16/h8-9H,3-7H2,1-2H3,(H,12,14)(H,15,16). The van der Waals surface area contributed by atoms with Crippen LogP contribution < -0.4 is 5.32 Å². The van der Waals surface area contributed by atoms with Crippen LogP contribution in [0.4, 0.5) is 0 Å². The van der Waals surface area contributed by atoms with E-state index in [1.54, 1.807) is 0 Å². The predicted molar refractivity (Wildman–Crippen MR) is 60.1 cm³/mol. The second-order valence-electron chi connectivity index (χ2n) is 4.24. The van der Waals surface area contributed by atoms with Gasteiger partial charge in [0.2, 0.25) is 5.91 Å². The third kappa shape index (κ3) is 3.20. The number of nitrogens with zero attached hydrogens (tertiary/aromatic N) is 1. The number of carbonyl (C=O) groups excluding carboxylic acids is 1. The molecule has 1 amide bonds. The monoisotopic (exact) mass is 228 g/mol. The van der Waals surface area contributed by atoms with Crippen molar-refractivity contribution in [1.29, 1.82) is 0 Å². The van der Waals surface area contributed by atoms with Crippen molar-refractivity contribution < 1.29 is 14.7 Å². The van der Waals surface area contributed by atoms with E-state index >= 15 is 0 Å². The fraction of sp³-hybridized carbons (Fsp3) is 0.818. The molecule has 0 aromatic carbocycles. The van der Waals surface area contributed by atoms with Crippen LogP contribution in [0.3, 0.4) is 0 Å². The summed E-state index contributed by atoms with van der Waals surface area (Å²) in [5.41, 5.74) is 0. The molecule has 92 valence electrons. The van der Waals surface area contributed by atoms with Crippen LogP contribution in [0.25, 0.3) is 0 Å². The molecule has 16 heavy (non-hydrogen) atoms. The molecule has 2 atom stereocenters. The molecule has 1 fully saturated rings. The lowest BCUT2D eigenvalue weighted by Crippen LogP contribution is -2.50. The summed E-state index contributed by atoms with van der Waals surface area (Å²) in [6, 6.07) is -0.234. The summed E-state index contributed by atoms with van der Waals surface area (Å²) in [6.07, 6.45) is 1.56. The number of hydrogen-bond donors (Lipinski definition) is 2. The number of likely N-dealkylation sites (N-methyl/N-ethyl adjacent to an activating group) is 1. The highest BCUT2D eigenvalue weighted by molar-refractivity contribution is 5.81. The normalized spacial score (nSPS) is 23.8. The Morgan fingerprint density at radius 3 is 2.81 bits per heavy atom. The molecule has 0 spiro atoms. The molecule has 0 aromatic rings. The minimum Gasteiger partial charge on any atom is -0.481 e. The van der Waals surface area contributed by atoms with Gasteiger partial charge in [0, 0.05) is 13.1 Å². The van der Waals surface area contributed by atoms with E-state index in [0.29, 0.717) is 19.5 Å². The molecule has 0 radical (unpaired) electrons. The fourth-order valence-electron chi connectivity index (χ4n) is 2.05. The molecule has 0 saturated carbocycles. The first-order valence-corrected chi connectivity index (χ1v) is 5.80. The number of carboxylic acid groups (broad SMARTS) is 1. The Balaban J connectivity index is 2.52. The zero-order valence-electron chi connectivity index (χ0n) is 9.90. The van der Waals surface area contributed by atoms with E-state index in [0.717, 1.165) is 13.0 Å². The van der Waals surface area contributed by atoms with Gasteiger partial charge in [-0.25, -0.2) is 0 Å². The number of piperidine rings is 1. The maximum atomic E-state index is 11.6. The minimum absolute atomic E-state index is 0.0199. The van der Waals surface area contributed by atoms with Crippen molar-refractivity contribution in [1.82, 2.24) is 10.2 Å². The van der Waals surface area contributed by atoms with Crippen LogP contribution in [0.5, 0.6) is 0 Å². The summed E-state index contributed by atoms with van der Waals surface area (Å²) in [5.74, 6) is -1.10. The largest absolute Gasteiger partial charge is 0.481 e. The van der Waals surface area contributed by atoms with Gasteiger partial charge in [-0.15, -0.1) is 0 Å². The molecule has 5 heteroatoms. The molecule has 1 heterocycles. The fourth-order valence-corrected chi connectivity index (χ4v) is 2.05. The number of hydrogen-bond acceptors (Lipinski definition) is 3. The summed E-state index contributed by atoms with van der Waals surface area (Å²) in [4.78, 5) is 24.5. The zero-order valence-corrected chi connectivity index (χ0v) is 9.90. The van der Waals surface area contributed by atoms with Gasteiger partial charge >= 0.3 is 5.97 Å². The molecule has 0 aliphatic carbocycles. The highest BCUT2D eigenvalue weighted by Crippen LogP contribution is 2.18. The molecule has 0 bridgehead atoms. The predicted octanol–water partition coefficient (Wildman–Crippen LogP) is 0.308. The maximum Gasteiger partial charge on any atom is 0.307 e. The molecule has 1 rings (SSSR count). The van der Waals surface area contributed by atoms with Crippen molar-refractivity contribution in [2.24, 2.45) is 5.92 Å². The highest BCUT2D eigenvalue weighted by Gasteiger charge is 2.30. The van der Waals surface area contributed by atoms with Crippen molar-refractivity contribution in [3.8, 4) is 0 Å². The van der Waals surface area contributed by atoms with E-state index < -0.39 is 5.97 Å².